The summed E-state index contributed by atoms with van der Waals surface area (Å²) in [6.07, 6.45) is 5.69. The number of carbonyl (C=O) groups excluding carboxylic acids is 2. The van der Waals surface area contributed by atoms with Crippen molar-refractivity contribution in [2.75, 3.05) is 18.6 Å². The van der Waals surface area contributed by atoms with Crippen molar-refractivity contribution >= 4 is 36.4 Å². The van der Waals surface area contributed by atoms with Gasteiger partial charge in [-0.2, -0.15) is 0 Å². The van der Waals surface area contributed by atoms with Crippen LogP contribution in [0.3, 0.4) is 0 Å². The topological polar surface area (TPSA) is 173 Å². The second-order valence-corrected chi connectivity index (χ2v) is 12.4. The molecule has 38 heavy (non-hydrogen) atoms. The van der Waals surface area contributed by atoms with Gasteiger partial charge < -0.3 is 24.5 Å². The van der Waals surface area contributed by atoms with Crippen molar-refractivity contribution in [1.82, 2.24) is 29.7 Å². The van der Waals surface area contributed by atoms with Gasteiger partial charge in [-0.05, 0) is 53.4 Å². The highest BCUT2D eigenvalue weighted by molar-refractivity contribution is 7.59. The SMILES string of the molecule is CC(C)OC(=O)C(C)CNP(=O)(COC(C)Cn1cnc2c(N)ncnc21)NC(C)C(=O)OC1CCCC1. The Bertz CT molecular complexity index is 1140. The molecule has 1 fully saturated rings. The van der Waals surface area contributed by atoms with E-state index in [0.717, 1.165) is 25.7 Å². The fraction of sp³-hybridized carbons (Fsp3) is 0.708. The molecule has 1 aliphatic carbocycles. The molecule has 2 heterocycles. The normalized spacial score (nSPS) is 18.3. The van der Waals surface area contributed by atoms with Gasteiger partial charge >= 0.3 is 11.9 Å². The second-order valence-electron chi connectivity index (χ2n) is 10.1. The molecule has 0 aliphatic heterocycles. The van der Waals surface area contributed by atoms with E-state index in [-0.39, 0.29) is 30.9 Å². The number of imidazole rings is 1. The molecule has 4 unspecified atom stereocenters. The zero-order chi connectivity index (χ0) is 27.9. The molecule has 0 radical (unpaired) electrons. The molecule has 4 N–H and O–H groups in total. The Hall–Kier alpha value is -2.60. The van der Waals surface area contributed by atoms with Crippen LogP contribution in [-0.4, -0.2) is 68.7 Å². The molecular weight excluding hydrogens is 513 g/mol. The highest BCUT2D eigenvalue weighted by Gasteiger charge is 2.32. The highest BCUT2D eigenvalue weighted by atomic mass is 31.2. The van der Waals surface area contributed by atoms with E-state index >= 15 is 0 Å². The number of ether oxygens (including phenoxy) is 3. The van der Waals surface area contributed by atoms with Crippen LogP contribution in [0, 0.1) is 5.92 Å². The van der Waals surface area contributed by atoms with Gasteiger partial charge in [0, 0.05) is 6.54 Å². The number of hydrogen-bond donors (Lipinski definition) is 3. The average molecular weight is 554 g/mol. The minimum absolute atomic E-state index is 0.0698. The minimum atomic E-state index is -3.50. The molecule has 0 amide bonds. The van der Waals surface area contributed by atoms with Gasteiger partial charge in [0.1, 0.15) is 30.3 Å². The largest absolute Gasteiger partial charge is 0.463 e. The molecular formula is C24H40N7O6P. The van der Waals surface area contributed by atoms with Crippen LogP contribution >= 0.6 is 7.44 Å². The van der Waals surface area contributed by atoms with Crippen LogP contribution in [0.15, 0.2) is 12.7 Å². The first kappa shape index (κ1) is 29.9. The third-order valence-electron chi connectivity index (χ3n) is 6.17. The second kappa shape index (κ2) is 13.5. The molecule has 13 nitrogen and oxygen atoms in total. The smallest absolute Gasteiger partial charge is 0.323 e. The lowest BCUT2D eigenvalue weighted by Crippen LogP contribution is -2.41. The van der Waals surface area contributed by atoms with Crippen molar-refractivity contribution in [2.45, 2.75) is 91.2 Å². The maximum Gasteiger partial charge on any atom is 0.323 e. The van der Waals surface area contributed by atoms with Crippen LogP contribution in [0.4, 0.5) is 5.82 Å². The summed E-state index contributed by atoms with van der Waals surface area (Å²) in [5, 5.41) is 5.83. The van der Waals surface area contributed by atoms with Crippen LogP contribution in [0.2, 0.25) is 0 Å². The molecule has 1 saturated carbocycles. The summed E-state index contributed by atoms with van der Waals surface area (Å²) in [7, 11) is -3.50. The van der Waals surface area contributed by atoms with Crippen molar-refractivity contribution in [2.24, 2.45) is 5.92 Å². The molecule has 0 saturated heterocycles. The Labute approximate surface area is 223 Å². The first-order valence-electron chi connectivity index (χ1n) is 13.0. The number of hydrogen-bond acceptors (Lipinski definition) is 10. The summed E-state index contributed by atoms with van der Waals surface area (Å²) >= 11 is 0. The van der Waals surface area contributed by atoms with E-state index in [1.54, 1.807) is 38.6 Å². The zero-order valence-corrected chi connectivity index (χ0v) is 23.6. The Morgan fingerprint density at radius 3 is 2.53 bits per heavy atom. The Kier molecular flexibility index (Phi) is 10.6. The van der Waals surface area contributed by atoms with E-state index in [9.17, 15) is 14.2 Å². The van der Waals surface area contributed by atoms with Gasteiger partial charge in [-0.1, -0.05) is 6.92 Å². The van der Waals surface area contributed by atoms with E-state index < -0.39 is 37.4 Å². The molecule has 2 aromatic rings. The van der Waals surface area contributed by atoms with Gasteiger partial charge in [-0.3, -0.25) is 19.2 Å². The van der Waals surface area contributed by atoms with E-state index in [1.807, 2.05) is 6.92 Å². The molecule has 4 atom stereocenters. The first-order valence-corrected chi connectivity index (χ1v) is 14.9. The summed E-state index contributed by atoms with van der Waals surface area (Å²) in [5.41, 5.74) is 6.92. The lowest BCUT2D eigenvalue weighted by molar-refractivity contribution is -0.152. The number of nitrogens with zero attached hydrogens (tertiary/aromatic N) is 4. The van der Waals surface area contributed by atoms with Gasteiger partial charge in [0.15, 0.2) is 11.5 Å². The Balaban J connectivity index is 1.64. The minimum Gasteiger partial charge on any atom is -0.463 e. The van der Waals surface area contributed by atoms with E-state index in [1.165, 1.54) is 6.33 Å². The number of aromatic nitrogens is 4. The molecule has 2 aromatic heterocycles. The zero-order valence-electron chi connectivity index (χ0n) is 22.8. The van der Waals surface area contributed by atoms with Gasteiger partial charge in [0.25, 0.3) is 0 Å². The molecule has 0 aromatic carbocycles. The molecule has 3 rings (SSSR count). The van der Waals surface area contributed by atoms with Gasteiger partial charge in [0.2, 0.25) is 7.44 Å². The number of nitrogens with one attached hydrogen (secondary N) is 2. The summed E-state index contributed by atoms with van der Waals surface area (Å²) in [6.45, 7) is 9.07. The van der Waals surface area contributed by atoms with Crippen LogP contribution in [-0.2, 0) is 34.9 Å². The van der Waals surface area contributed by atoms with Crippen molar-refractivity contribution < 1.29 is 28.4 Å². The van der Waals surface area contributed by atoms with E-state index in [4.69, 9.17) is 19.9 Å². The van der Waals surface area contributed by atoms with Gasteiger partial charge in [-0.25, -0.2) is 20.0 Å². The number of rotatable bonds is 14. The third-order valence-corrected chi connectivity index (χ3v) is 8.18. The number of fused-ring (bicyclic) bond motifs is 1. The van der Waals surface area contributed by atoms with Crippen LogP contribution in [0.25, 0.3) is 11.2 Å². The summed E-state index contributed by atoms with van der Waals surface area (Å²) in [6, 6.07) is -0.844. The lowest BCUT2D eigenvalue weighted by Gasteiger charge is -2.27. The van der Waals surface area contributed by atoms with E-state index in [2.05, 4.69) is 25.1 Å². The standard InChI is InChI=1S/C24H40N7O6P/c1-15(2)36-23(32)16(3)10-29-38(34,30-18(5)24(33)37-19-8-6-7-9-19)14-35-17(4)11-31-13-28-20-21(25)26-12-27-22(20)31/h12-13,15-19H,6-11,14H2,1-5H3,(H2,25,26,27)(H2,29,30,34). The molecule has 0 bridgehead atoms. The van der Waals surface area contributed by atoms with Crippen LogP contribution in [0.5, 0.6) is 0 Å². The Morgan fingerprint density at radius 2 is 1.84 bits per heavy atom. The molecule has 14 heteroatoms. The molecule has 212 valence electrons. The summed E-state index contributed by atoms with van der Waals surface area (Å²) in [5.74, 6) is -1.16. The monoisotopic (exact) mass is 553 g/mol. The maximum absolute atomic E-state index is 13.9. The first-order chi connectivity index (χ1) is 18.0. The number of nitrogen functional groups attached to an aromatic ring is 1. The predicted octanol–water partition coefficient (Wildman–Crippen LogP) is 2.61. The fourth-order valence-corrected chi connectivity index (χ4v) is 6.10. The van der Waals surface area contributed by atoms with Crippen molar-refractivity contribution in [1.29, 1.82) is 0 Å². The quantitative estimate of drug-likeness (QED) is 0.231. The average Bonchev–Trinajstić information content (AvgIpc) is 3.52. The lowest BCUT2D eigenvalue weighted by atomic mass is 10.2. The number of anilines is 1. The van der Waals surface area contributed by atoms with E-state index in [0.29, 0.717) is 17.7 Å². The van der Waals surface area contributed by atoms with Crippen molar-refractivity contribution in [3.8, 4) is 0 Å². The number of carbonyl (C=O) groups is 2. The number of nitrogens with two attached hydrogens (primary N) is 1. The fourth-order valence-electron chi connectivity index (χ4n) is 4.08. The third kappa shape index (κ3) is 8.45. The Morgan fingerprint density at radius 1 is 1.13 bits per heavy atom. The van der Waals surface area contributed by atoms with Gasteiger partial charge in [0.05, 0.1) is 31.0 Å². The van der Waals surface area contributed by atoms with Crippen molar-refractivity contribution in [3.05, 3.63) is 12.7 Å². The highest BCUT2D eigenvalue weighted by Crippen LogP contribution is 2.38. The van der Waals surface area contributed by atoms with Crippen molar-refractivity contribution in [3.63, 3.8) is 0 Å². The summed E-state index contributed by atoms with van der Waals surface area (Å²) in [4.78, 5) is 37.3. The number of esters is 2. The predicted molar refractivity (Wildman–Crippen MR) is 142 cm³/mol. The van der Waals surface area contributed by atoms with Gasteiger partial charge in [-0.15, -0.1) is 0 Å². The maximum atomic E-state index is 13.9. The van der Waals surface area contributed by atoms with Crippen LogP contribution in [0.1, 0.15) is 60.3 Å². The molecule has 1 aliphatic rings. The summed E-state index contributed by atoms with van der Waals surface area (Å²) < 4.78 is 32.5. The molecule has 0 spiro atoms. The van der Waals surface area contributed by atoms with Crippen LogP contribution < -0.4 is 15.9 Å².